The molecule has 0 radical (unpaired) electrons. The molecule has 0 aliphatic rings. The number of hydrogen-bond donors (Lipinski definition) is 1. The van der Waals surface area contributed by atoms with E-state index in [0.29, 0.717) is 16.1 Å². The zero-order valence-electron chi connectivity index (χ0n) is 13.2. The van der Waals surface area contributed by atoms with Gasteiger partial charge in [0, 0.05) is 12.1 Å². The first-order valence-electron chi connectivity index (χ1n) is 7.37. The van der Waals surface area contributed by atoms with Gasteiger partial charge in [0.1, 0.15) is 15.6 Å². The molecule has 3 rings (SSSR count). The van der Waals surface area contributed by atoms with Crippen molar-refractivity contribution in [2.45, 2.75) is 20.1 Å². The molecule has 1 amide bonds. The van der Waals surface area contributed by atoms with E-state index in [-0.39, 0.29) is 18.2 Å². The van der Waals surface area contributed by atoms with Crippen LogP contribution in [-0.2, 0) is 6.54 Å². The Bertz CT molecular complexity index is 863. The number of halogens is 2. The van der Waals surface area contributed by atoms with Crippen molar-refractivity contribution in [2.24, 2.45) is 0 Å². The summed E-state index contributed by atoms with van der Waals surface area (Å²) in [5.41, 5.74) is 1.12. The number of nitrogens with zero attached hydrogens (tertiary/aromatic N) is 1. The fourth-order valence-corrected chi connectivity index (χ4v) is 4.01. The molecule has 0 fully saturated rings. The number of carbonyl (C=O) groups excluding carboxylic acids is 1. The van der Waals surface area contributed by atoms with Gasteiger partial charge in [0.05, 0.1) is 10.6 Å². The van der Waals surface area contributed by atoms with Crippen LogP contribution in [0.5, 0.6) is 5.75 Å². The standard InChI is InChI=1S/C17H14F2N2O2S2/c1-10-14(25-16(21-10)13-7-4-8-24-13)15(22)20-9-11-5-2-3-6-12(11)23-17(18)19/h2-8,17H,9H2,1H3,(H,20,22). The van der Waals surface area contributed by atoms with E-state index in [0.717, 1.165) is 9.88 Å². The number of alkyl halides is 2. The van der Waals surface area contributed by atoms with Crippen LogP contribution in [0.3, 0.4) is 0 Å². The molecule has 0 aliphatic heterocycles. The molecule has 0 aliphatic carbocycles. The van der Waals surface area contributed by atoms with E-state index in [9.17, 15) is 13.6 Å². The number of rotatable bonds is 6. The number of ether oxygens (including phenoxy) is 1. The first-order chi connectivity index (χ1) is 12.0. The first-order valence-corrected chi connectivity index (χ1v) is 9.06. The number of nitrogens with one attached hydrogen (secondary N) is 1. The van der Waals surface area contributed by atoms with E-state index in [1.54, 1.807) is 36.5 Å². The minimum atomic E-state index is -2.91. The second kappa shape index (κ2) is 7.71. The van der Waals surface area contributed by atoms with E-state index in [4.69, 9.17) is 0 Å². The van der Waals surface area contributed by atoms with Gasteiger partial charge in [-0.1, -0.05) is 24.3 Å². The van der Waals surface area contributed by atoms with Gasteiger partial charge in [0.2, 0.25) is 0 Å². The summed E-state index contributed by atoms with van der Waals surface area (Å²) in [6.07, 6.45) is 0. The maximum absolute atomic E-state index is 12.4. The Morgan fingerprint density at radius 2 is 2.08 bits per heavy atom. The molecule has 0 saturated heterocycles. The van der Waals surface area contributed by atoms with Gasteiger partial charge in [-0.05, 0) is 24.4 Å². The monoisotopic (exact) mass is 380 g/mol. The molecule has 4 nitrogen and oxygen atoms in total. The number of para-hydroxylation sites is 1. The molecular formula is C17H14F2N2O2S2. The van der Waals surface area contributed by atoms with Crippen molar-refractivity contribution in [1.82, 2.24) is 10.3 Å². The molecule has 2 aromatic heterocycles. The van der Waals surface area contributed by atoms with Gasteiger partial charge in [-0.3, -0.25) is 4.79 Å². The van der Waals surface area contributed by atoms with Crippen molar-refractivity contribution in [1.29, 1.82) is 0 Å². The molecule has 0 atom stereocenters. The van der Waals surface area contributed by atoms with Crippen LogP contribution in [0.2, 0.25) is 0 Å². The van der Waals surface area contributed by atoms with Crippen LogP contribution >= 0.6 is 22.7 Å². The predicted octanol–water partition coefficient (Wildman–Crippen LogP) is 4.71. The third kappa shape index (κ3) is 4.21. The van der Waals surface area contributed by atoms with Gasteiger partial charge in [0.15, 0.2) is 0 Å². The Morgan fingerprint density at radius 1 is 1.28 bits per heavy atom. The maximum Gasteiger partial charge on any atom is 0.387 e. The average molecular weight is 380 g/mol. The van der Waals surface area contributed by atoms with E-state index < -0.39 is 6.61 Å². The molecule has 0 saturated carbocycles. The highest BCUT2D eigenvalue weighted by Gasteiger charge is 2.17. The Hall–Kier alpha value is -2.32. The van der Waals surface area contributed by atoms with Crippen molar-refractivity contribution in [3.05, 3.63) is 57.9 Å². The second-order valence-corrected chi connectivity index (χ2v) is 7.03. The minimum absolute atomic E-state index is 0.0538. The third-order valence-electron chi connectivity index (χ3n) is 3.36. The Morgan fingerprint density at radius 3 is 2.80 bits per heavy atom. The Kier molecular flexibility index (Phi) is 5.40. The van der Waals surface area contributed by atoms with Crippen LogP contribution in [0.25, 0.3) is 9.88 Å². The summed E-state index contributed by atoms with van der Waals surface area (Å²) in [6.45, 7) is -1.04. The molecule has 8 heteroatoms. The highest BCUT2D eigenvalue weighted by atomic mass is 32.1. The molecule has 1 aromatic carbocycles. The van der Waals surface area contributed by atoms with Crippen LogP contribution in [0.4, 0.5) is 8.78 Å². The fourth-order valence-electron chi connectivity index (χ4n) is 2.23. The molecule has 0 bridgehead atoms. The van der Waals surface area contributed by atoms with E-state index in [1.165, 1.54) is 17.4 Å². The number of aromatic nitrogens is 1. The zero-order chi connectivity index (χ0) is 17.8. The van der Waals surface area contributed by atoms with Gasteiger partial charge in [-0.25, -0.2) is 4.98 Å². The quantitative estimate of drug-likeness (QED) is 0.674. The molecule has 3 aromatic rings. The largest absolute Gasteiger partial charge is 0.434 e. The van der Waals surface area contributed by atoms with Crippen LogP contribution in [-0.4, -0.2) is 17.5 Å². The van der Waals surface area contributed by atoms with Crippen molar-refractivity contribution in [3.8, 4) is 15.6 Å². The smallest absolute Gasteiger partial charge is 0.387 e. The molecular weight excluding hydrogens is 366 g/mol. The van der Waals surface area contributed by atoms with Crippen LogP contribution in [0.15, 0.2) is 41.8 Å². The lowest BCUT2D eigenvalue weighted by atomic mass is 10.2. The van der Waals surface area contributed by atoms with E-state index in [1.807, 2.05) is 17.5 Å². The fraction of sp³-hybridized carbons (Fsp3) is 0.176. The van der Waals surface area contributed by atoms with E-state index >= 15 is 0 Å². The summed E-state index contributed by atoms with van der Waals surface area (Å²) < 4.78 is 29.3. The van der Waals surface area contributed by atoms with Crippen LogP contribution in [0.1, 0.15) is 20.9 Å². The Labute approximate surface area is 151 Å². The van der Waals surface area contributed by atoms with Crippen molar-refractivity contribution >= 4 is 28.6 Å². The normalized spacial score (nSPS) is 10.9. The number of aryl methyl sites for hydroxylation is 1. The predicted molar refractivity (Wildman–Crippen MR) is 94.4 cm³/mol. The van der Waals surface area contributed by atoms with Crippen LogP contribution in [0, 0.1) is 6.92 Å². The van der Waals surface area contributed by atoms with Gasteiger partial charge in [0.25, 0.3) is 5.91 Å². The first kappa shape index (κ1) is 17.5. The molecule has 25 heavy (non-hydrogen) atoms. The summed E-state index contributed by atoms with van der Waals surface area (Å²) >= 11 is 2.87. The number of carbonyl (C=O) groups is 1. The number of benzene rings is 1. The molecule has 0 spiro atoms. The average Bonchev–Trinajstić information content (AvgIpc) is 3.22. The van der Waals surface area contributed by atoms with E-state index in [2.05, 4.69) is 15.0 Å². The number of amides is 1. The lowest BCUT2D eigenvalue weighted by molar-refractivity contribution is -0.0504. The lowest BCUT2D eigenvalue weighted by Gasteiger charge is -2.11. The third-order valence-corrected chi connectivity index (χ3v) is 5.56. The Balaban J connectivity index is 1.72. The van der Waals surface area contributed by atoms with Gasteiger partial charge in [-0.2, -0.15) is 8.78 Å². The SMILES string of the molecule is Cc1nc(-c2cccs2)sc1C(=O)NCc1ccccc1OC(F)F. The number of thiophene rings is 1. The van der Waals surface area contributed by atoms with Gasteiger partial charge in [-0.15, -0.1) is 22.7 Å². The summed E-state index contributed by atoms with van der Waals surface area (Å²) in [5.74, 6) is -0.234. The maximum atomic E-state index is 12.4. The van der Waals surface area contributed by atoms with Gasteiger partial charge >= 0.3 is 6.61 Å². The topological polar surface area (TPSA) is 51.2 Å². The minimum Gasteiger partial charge on any atom is -0.434 e. The second-order valence-electron chi connectivity index (χ2n) is 5.08. The van der Waals surface area contributed by atoms with Crippen molar-refractivity contribution < 1.29 is 18.3 Å². The van der Waals surface area contributed by atoms with Gasteiger partial charge < -0.3 is 10.1 Å². The summed E-state index contributed by atoms with van der Waals surface area (Å²) in [6, 6.07) is 10.3. The van der Waals surface area contributed by atoms with Crippen molar-refractivity contribution in [2.75, 3.05) is 0 Å². The van der Waals surface area contributed by atoms with Crippen molar-refractivity contribution in [3.63, 3.8) is 0 Å². The number of thiazole rings is 1. The highest BCUT2D eigenvalue weighted by molar-refractivity contribution is 7.22. The summed E-state index contributed by atoms with van der Waals surface area (Å²) in [7, 11) is 0. The highest BCUT2D eigenvalue weighted by Crippen LogP contribution is 2.31. The summed E-state index contributed by atoms with van der Waals surface area (Å²) in [5, 5.41) is 5.48. The summed E-state index contributed by atoms with van der Waals surface area (Å²) in [4.78, 5) is 18.4. The molecule has 2 heterocycles. The lowest BCUT2D eigenvalue weighted by Crippen LogP contribution is -2.23. The molecule has 1 N–H and O–H groups in total. The molecule has 130 valence electrons. The molecule has 0 unspecified atom stereocenters. The number of hydrogen-bond acceptors (Lipinski definition) is 5. The van der Waals surface area contributed by atoms with Crippen LogP contribution < -0.4 is 10.1 Å². The zero-order valence-corrected chi connectivity index (χ0v) is 14.8.